The molecule has 110 valence electrons. The Bertz CT molecular complexity index is 815. The molecule has 0 saturated heterocycles. The standard InChI is InChI=1S/C15H10N2O5/c1-22-9-6-7-10-11(8-9)15(19)16(14(10)18)12-4-2-3-5-13(12)17(20)21/h2-8H,1H3. The van der Waals surface area contributed by atoms with Gasteiger partial charge in [0.1, 0.15) is 11.4 Å². The Morgan fingerprint density at radius 3 is 2.41 bits per heavy atom. The second kappa shape index (κ2) is 4.96. The van der Waals surface area contributed by atoms with Gasteiger partial charge in [-0.2, -0.15) is 0 Å². The summed E-state index contributed by atoms with van der Waals surface area (Å²) in [4.78, 5) is 36.2. The van der Waals surface area contributed by atoms with Crippen molar-refractivity contribution in [1.29, 1.82) is 0 Å². The van der Waals surface area contributed by atoms with Crippen molar-refractivity contribution in [2.75, 3.05) is 12.0 Å². The van der Waals surface area contributed by atoms with Crippen LogP contribution in [0.2, 0.25) is 0 Å². The molecule has 7 heteroatoms. The number of rotatable bonds is 3. The molecular formula is C15H10N2O5. The van der Waals surface area contributed by atoms with Crippen LogP contribution in [0.25, 0.3) is 0 Å². The minimum Gasteiger partial charge on any atom is -0.497 e. The first-order valence-electron chi connectivity index (χ1n) is 6.35. The molecule has 22 heavy (non-hydrogen) atoms. The van der Waals surface area contributed by atoms with Gasteiger partial charge in [0, 0.05) is 6.07 Å². The van der Waals surface area contributed by atoms with E-state index in [2.05, 4.69) is 0 Å². The van der Waals surface area contributed by atoms with Gasteiger partial charge in [-0.1, -0.05) is 12.1 Å². The molecule has 1 aliphatic rings. The van der Waals surface area contributed by atoms with Gasteiger partial charge in [-0.3, -0.25) is 19.7 Å². The number of fused-ring (bicyclic) bond motifs is 1. The summed E-state index contributed by atoms with van der Waals surface area (Å²) in [5, 5.41) is 11.1. The average molecular weight is 298 g/mol. The van der Waals surface area contributed by atoms with Crippen LogP contribution >= 0.6 is 0 Å². The molecule has 1 aliphatic heterocycles. The number of ether oxygens (including phenoxy) is 1. The van der Waals surface area contributed by atoms with E-state index in [0.29, 0.717) is 5.75 Å². The number of carbonyl (C=O) groups is 2. The van der Waals surface area contributed by atoms with E-state index in [0.717, 1.165) is 4.90 Å². The molecule has 1 heterocycles. The van der Waals surface area contributed by atoms with Crippen molar-refractivity contribution in [3.05, 3.63) is 63.7 Å². The lowest BCUT2D eigenvalue weighted by Crippen LogP contribution is -2.29. The predicted molar refractivity (Wildman–Crippen MR) is 77.2 cm³/mol. The van der Waals surface area contributed by atoms with Crippen molar-refractivity contribution < 1.29 is 19.2 Å². The minimum absolute atomic E-state index is 0.0438. The fourth-order valence-electron chi connectivity index (χ4n) is 2.37. The fourth-order valence-corrected chi connectivity index (χ4v) is 2.37. The van der Waals surface area contributed by atoms with Gasteiger partial charge in [-0.15, -0.1) is 0 Å². The molecule has 0 radical (unpaired) electrons. The summed E-state index contributed by atoms with van der Waals surface area (Å²) in [5.74, 6) is -0.755. The molecule has 0 unspecified atom stereocenters. The maximum atomic E-state index is 12.5. The molecule has 0 spiro atoms. The van der Waals surface area contributed by atoms with Crippen LogP contribution in [-0.2, 0) is 0 Å². The van der Waals surface area contributed by atoms with E-state index in [9.17, 15) is 19.7 Å². The molecule has 2 aromatic carbocycles. The van der Waals surface area contributed by atoms with Gasteiger partial charge in [0.05, 0.1) is 23.2 Å². The number of anilines is 1. The number of benzene rings is 2. The van der Waals surface area contributed by atoms with E-state index >= 15 is 0 Å². The number of imide groups is 1. The topological polar surface area (TPSA) is 89.8 Å². The van der Waals surface area contributed by atoms with Crippen molar-refractivity contribution >= 4 is 23.2 Å². The second-order valence-corrected chi connectivity index (χ2v) is 4.60. The van der Waals surface area contributed by atoms with E-state index in [-0.39, 0.29) is 22.5 Å². The van der Waals surface area contributed by atoms with E-state index in [1.165, 1.54) is 43.5 Å². The number of nitro groups is 1. The first-order chi connectivity index (χ1) is 10.5. The van der Waals surface area contributed by atoms with Crippen LogP contribution < -0.4 is 9.64 Å². The number of methoxy groups -OCH3 is 1. The lowest BCUT2D eigenvalue weighted by Gasteiger charge is -2.13. The van der Waals surface area contributed by atoms with Crippen molar-refractivity contribution in [3.63, 3.8) is 0 Å². The highest BCUT2D eigenvalue weighted by Crippen LogP contribution is 2.35. The zero-order valence-electron chi connectivity index (χ0n) is 11.5. The number of hydrogen-bond acceptors (Lipinski definition) is 5. The second-order valence-electron chi connectivity index (χ2n) is 4.60. The third-order valence-corrected chi connectivity index (χ3v) is 3.41. The molecule has 0 fully saturated rings. The number of carbonyl (C=O) groups excluding carboxylic acids is 2. The highest BCUT2D eigenvalue weighted by molar-refractivity contribution is 6.35. The maximum Gasteiger partial charge on any atom is 0.293 e. The third kappa shape index (κ3) is 1.91. The van der Waals surface area contributed by atoms with Crippen molar-refractivity contribution in [2.45, 2.75) is 0 Å². The third-order valence-electron chi connectivity index (χ3n) is 3.41. The van der Waals surface area contributed by atoms with Crippen molar-refractivity contribution in [2.24, 2.45) is 0 Å². The van der Waals surface area contributed by atoms with Gasteiger partial charge in [0.25, 0.3) is 17.5 Å². The summed E-state index contributed by atoms with van der Waals surface area (Å²) in [7, 11) is 1.45. The largest absolute Gasteiger partial charge is 0.497 e. The van der Waals surface area contributed by atoms with Gasteiger partial charge in [-0.05, 0) is 24.3 Å². The summed E-state index contributed by atoms with van der Waals surface area (Å²) < 4.78 is 5.04. The highest BCUT2D eigenvalue weighted by Gasteiger charge is 2.39. The zero-order valence-corrected chi connectivity index (χ0v) is 11.5. The van der Waals surface area contributed by atoms with Gasteiger partial charge in [0.2, 0.25) is 0 Å². The Balaban J connectivity index is 2.14. The Kier molecular flexibility index (Phi) is 3.10. The van der Waals surface area contributed by atoms with E-state index in [1.54, 1.807) is 6.07 Å². The van der Waals surface area contributed by atoms with Gasteiger partial charge in [-0.25, -0.2) is 4.90 Å². The minimum atomic E-state index is -0.626. The molecule has 0 saturated carbocycles. The number of nitro benzene ring substituents is 1. The molecule has 0 atom stereocenters. The van der Waals surface area contributed by atoms with E-state index < -0.39 is 16.7 Å². The molecule has 0 aliphatic carbocycles. The Morgan fingerprint density at radius 1 is 1.05 bits per heavy atom. The number of hydrogen-bond donors (Lipinski definition) is 0. The van der Waals surface area contributed by atoms with Crippen LogP contribution in [0.5, 0.6) is 5.75 Å². The van der Waals surface area contributed by atoms with Gasteiger partial charge < -0.3 is 4.74 Å². The molecule has 2 aromatic rings. The van der Waals surface area contributed by atoms with E-state index in [4.69, 9.17) is 4.74 Å². The Labute approximate surface area is 124 Å². The Hall–Kier alpha value is -3.22. The molecule has 0 aromatic heterocycles. The van der Waals surface area contributed by atoms with Crippen molar-refractivity contribution in [3.8, 4) is 5.75 Å². The van der Waals surface area contributed by atoms with E-state index in [1.807, 2.05) is 0 Å². The molecule has 0 N–H and O–H groups in total. The molecule has 0 bridgehead atoms. The summed E-state index contributed by atoms with van der Waals surface area (Å²) in [6.07, 6.45) is 0. The van der Waals surface area contributed by atoms with Crippen LogP contribution in [-0.4, -0.2) is 23.8 Å². The highest BCUT2D eigenvalue weighted by atomic mass is 16.6. The summed E-state index contributed by atoms with van der Waals surface area (Å²) in [5.41, 5.74) is 0.0214. The normalized spacial score (nSPS) is 13.2. The smallest absolute Gasteiger partial charge is 0.293 e. The first kappa shape index (κ1) is 13.7. The van der Waals surface area contributed by atoms with Crippen molar-refractivity contribution in [1.82, 2.24) is 0 Å². The van der Waals surface area contributed by atoms with Crippen LogP contribution in [0.1, 0.15) is 20.7 Å². The summed E-state index contributed by atoms with van der Waals surface area (Å²) >= 11 is 0. The van der Waals surface area contributed by atoms with Crippen LogP contribution in [0.15, 0.2) is 42.5 Å². The predicted octanol–water partition coefficient (Wildman–Crippen LogP) is 2.40. The molecule has 3 rings (SSSR count). The average Bonchev–Trinajstić information content (AvgIpc) is 2.78. The van der Waals surface area contributed by atoms with Crippen LogP contribution in [0.3, 0.4) is 0 Å². The quantitative estimate of drug-likeness (QED) is 0.493. The number of nitrogens with zero attached hydrogens (tertiary/aromatic N) is 2. The first-order valence-corrected chi connectivity index (χ1v) is 6.35. The van der Waals surface area contributed by atoms with Crippen LogP contribution in [0.4, 0.5) is 11.4 Å². The zero-order chi connectivity index (χ0) is 15.9. The molecule has 7 nitrogen and oxygen atoms in total. The van der Waals surface area contributed by atoms with Gasteiger partial charge >= 0.3 is 0 Å². The van der Waals surface area contributed by atoms with Crippen LogP contribution in [0, 0.1) is 10.1 Å². The molecule has 2 amide bonds. The fraction of sp³-hybridized carbons (Fsp3) is 0.0667. The SMILES string of the molecule is COc1ccc2c(c1)C(=O)N(c1ccccc1[N+](=O)[O-])C2=O. The lowest BCUT2D eigenvalue weighted by molar-refractivity contribution is -0.384. The summed E-state index contributed by atoms with van der Waals surface area (Å²) in [6, 6.07) is 10.1. The summed E-state index contributed by atoms with van der Waals surface area (Å²) in [6.45, 7) is 0. The lowest BCUT2D eigenvalue weighted by atomic mass is 10.1. The molecular weight excluding hydrogens is 288 g/mol. The Morgan fingerprint density at radius 2 is 1.73 bits per heavy atom. The number of amides is 2. The number of para-hydroxylation sites is 2. The monoisotopic (exact) mass is 298 g/mol. The van der Waals surface area contributed by atoms with Gasteiger partial charge in [0.15, 0.2) is 0 Å². The maximum absolute atomic E-state index is 12.5.